The van der Waals surface area contributed by atoms with Gasteiger partial charge >= 0.3 is 6.09 Å². The molecule has 41 heavy (non-hydrogen) atoms. The predicted molar refractivity (Wildman–Crippen MR) is 159 cm³/mol. The summed E-state index contributed by atoms with van der Waals surface area (Å²) < 4.78 is 1.56. The van der Waals surface area contributed by atoms with Crippen molar-refractivity contribution in [2.75, 3.05) is 6.54 Å². The normalized spacial score (nSPS) is 15.3. The maximum Gasteiger partial charge on any atom is 0.407 e. The van der Waals surface area contributed by atoms with Gasteiger partial charge in [-0.25, -0.2) is 9.78 Å². The Morgan fingerprint density at radius 1 is 1.07 bits per heavy atom. The maximum atomic E-state index is 13.4. The number of H-pyrrole nitrogens is 1. The number of nitrogens with zero attached hydrogens (tertiary/aromatic N) is 3. The zero-order valence-corrected chi connectivity index (χ0v) is 22.7. The van der Waals surface area contributed by atoms with Crippen molar-refractivity contribution in [2.24, 2.45) is 5.73 Å². The number of nitrogens with two attached hydrogens (primary N) is 1. The highest BCUT2D eigenvalue weighted by molar-refractivity contribution is 6.10. The summed E-state index contributed by atoms with van der Waals surface area (Å²) in [6.07, 6.45) is 3.80. The SMILES string of the molecule is CCC1C=C(c2cc3c(-c4cccc(-n5cnc6ccccc6c5=O)c4C)ccc(C(N)=O)c3[nH]2)CCN1C(=O)O. The molecule has 0 bridgehead atoms. The second-order valence-corrected chi connectivity index (χ2v) is 10.3. The minimum absolute atomic E-state index is 0.154. The third-order valence-electron chi connectivity index (χ3n) is 8.01. The van der Waals surface area contributed by atoms with E-state index < -0.39 is 12.0 Å². The first-order valence-corrected chi connectivity index (χ1v) is 13.5. The van der Waals surface area contributed by atoms with E-state index in [-0.39, 0.29) is 11.6 Å². The number of rotatable bonds is 5. The van der Waals surface area contributed by atoms with E-state index in [1.165, 1.54) is 4.90 Å². The number of fused-ring (bicyclic) bond motifs is 2. The number of carbonyl (C=O) groups is 2. The molecule has 1 aliphatic heterocycles. The molecule has 6 rings (SSSR count). The lowest BCUT2D eigenvalue weighted by Crippen LogP contribution is -2.41. The number of hydrogen-bond acceptors (Lipinski definition) is 4. The molecule has 3 aromatic carbocycles. The van der Waals surface area contributed by atoms with Gasteiger partial charge in [0.25, 0.3) is 11.5 Å². The average molecular weight is 548 g/mol. The lowest BCUT2D eigenvalue weighted by atomic mass is 9.94. The minimum Gasteiger partial charge on any atom is -0.465 e. The van der Waals surface area contributed by atoms with Crippen molar-refractivity contribution in [3.63, 3.8) is 0 Å². The summed E-state index contributed by atoms with van der Waals surface area (Å²) in [7, 11) is 0. The standard InChI is InChI=1S/C32H29N5O4/c1-3-20-15-19(13-14-36(20)32(40)41)27-16-25-22(11-12-24(30(33)38)29(25)35-27)21-8-6-10-28(18(21)2)37-17-34-26-9-5-4-7-23(26)31(37)39/h4-12,15-17,20,35H,3,13-14H2,1-2H3,(H2,33,38)(H,40,41). The fourth-order valence-corrected chi connectivity index (χ4v) is 5.86. The lowest BCUT2D eigenvalue weighted by molar-refractivity contribution is 0.100. The number of hydrogen-bond donors (Lipinski definition) is 3. The largest absolute Gasteiger partial charge is 0.465 e. The number of amides is 2. The number of benzene rings is 3. The van der Waals surface area contributed by atoms with Crippen molar-refractivity contribution >= 4 is 39.4 Å². The molecule has 2 aromatic heterocycles. The molecule has 9 heteroatoms. The van der Waals surface area contributed by atoms with E-state index >= 15 is 0 Å². The van der Waals surface area contributed by atoms with Gasteiger partial charge in [-0.1, -0.05) is 43.3 Å². The van der Waals surface area contributed by atoms with Gasteiger partial charge in [0.05, 0.1) is 33.7 Å². The number of carbonyl (C=O) groups excluding carboxylic acids is 1. The summed E-state index contributed by atoms with van der Waals surface area (Å²) in [6.45, 7) is 4.31. The first-order valence-electron chi connectivity index (χ1n) is 13.5. The molecule has 0 spiro atoms. The maximum absolute atomic E-state index is 13.4. The summed E-state index contributed by atoms with van der Waals surface area (Å²) >= 11 is 0. The molecular weight excluding hydrogens is 518 g/mol. The molecular formula is C32H29N5O4. The van der Waals surface area contributed by atoms with E-state index in [0.29, 0.717) is 47.1 Å². The number of para-hydroxylation sites is 1. The van der Waals surface area contributed by atoms with E-state index in [0.717, 1.165) is 33.3 Å². The van der Waals surface area contributed by atoms with E-state index in [9.17, 15) is 19.5 Å². The van der Waals surface area contributed by atoms with Crippen molar-refractivity contribution in [1.82, 2.24) is 19.4 Å². The summed E-state index contributed by atoms with van der Waals surface area (Å²) in [5.41, 5.74) is 12.4. The van der Waals surface area contributed by atoms with E-state index in [4.69, 9.17) is 5.73 Å². The number of carboxylic acid groups (broad SMARTS) is 1. The fraction of sp³-hybridized carbons (Fsp3) is 0.188. The van der Waals surface area contributed by atoms with Crippen molar-refractivity contribution in [1.29, 1.82) is 0 Å². The quantitative estimate of drug-likeness (QED) is 0.268. The second kappa shape index (κ2) is 10.1. The molecule has 0 saturated carbocycles. The highest BCUT2D eigenvalue weighted by Gasteiger charge is 2.26. The van der Waals surface area contributed by atoms with Gasteiger partial charge < -0.3 is 20.7 Å². The highest BCUT2D eigenvalue weighted by atomic mass is 16.4. The first-order chi connectivity index (χ1) is 19.8. The molecule has 2 amide bonds. The van der Waals surface area contributed by atoms with Crippen LogP contribution in [0.2, 0.25) is 0 Å². The average Bonchev–Trinajstić information content (AvgIpc) is 3.43. The van der Waals surface area contributed by atoms with Gasteiger partial charge in [0.15, 0.2) is 0 Å². The van der Waals surface area contributed by atoms with Gasteiger partial charge in [-0.15, -0.1) is 0 Å². The third-order valence-corrected chi connectivity index (χ3v) is 8.01. The minimum atomic E-state index is -0.932. The molecule has 9 nitrogen and oxygen atoms in total. The van der Waals surface area contributed by atoms with Gasteiger partial charge in [0.2, 0.25) is 0 Å². The predicted octanol–water partition coefficient (Wildman–Crippen LogP) is 5.49. The van der Waals surface area contributed by atoms with Crippen LogP contribution >= 0.6 is 0 Å². The Morgan fingerprint density at radius 2 is 1.88 bits per heavy atom. The molecule has 0 saturated heterocycles. The number of primary amides is 1. The zero-order valence-electron chi connectivity index (χ0n) is 22.7. The van der Waals surface area contributed by atoms with Gasteiger partial charge in [-0.05, 0) is 72.4 Å². The summed E-state index contributed by atoms with van der Waals surface area (Å²) in [5, 5.41) is 10.9. The Kier molecular flexibility index (Phi) is 6.42. The van der Waals surface area contributed by atoms with Gasteiger partial charge in [0, 0.05) is 17.6 Å². The summed E-state index contributed by atoms with van der Waals surface area (Å²) in [5.74, 6) is -0.546. The van der Waals surface area contributed by atoms with E-state index in [2.05, 4.69) is 9.97 Å². The van der Waals surface area contributed by atoms with Crippen LogP contribution in [0.25, 0.3) is 44.2 Å². The number of aromatic nitrogens is 3. The van der Waals surface area contributed by atoms with Gasteiger partial charge in [-0.2, -0.15) is 0 Å². The Bertz CT molecular complexity index is 1950. The molecule has 206 valence electrons. The number of nitrogens with one attached hydrogen (secondary N) is 1. The van der Waals surface area contributed by atoms with Crippen LogP contribution in [0.1, 0.15) is 41.4 Å². The molecule has 4 N–H and O–H groups in total. The van der Waals surface area contributed by atoms with Crippen LogP contribution in [-0.2, 0) is 0 Å². The molecule has 5 aromatic rings. The van der Waals surface area contributed by atoms with Crippen LogP contribution in [0.5, 0.6) is 0 Å². The summed E-state index contributed by atoms with van der Waals surface area (Å²) in [4.78, 5) is 46.8. The Balaban J connectivity index is 1.52. The third kappa shape index (κ3) is 4.35. The molecule has 3 heterocycles. The Labute approximate surface area is 235 Å². The van der Waals surface area contributed by atoms with Crippen LogP contribution in [0.3, 0.4) is 0 Å². The summed E-state index contributed by atoms with van der Waals surface area (Å²) in [6, 6.07) is 18.4. The molecule has 1 unspecified atom stereocenters. The smallest absolute Gasteiger partial charge is 0.407 e. The zero-order chi connectivity index (χ0) is 28.8. The lowest BCUT2D eigenvalue weighted by Gasteiger charge is -2.31. The highest BCUT2D eigenvalue weighted by Crippen LogP contribution is 2.37. The molecule has 1 atom stereocenters. The molecule has 0 aliphatic carbocycles. The second-order valence-electron chi connectivity index (χ2n) is 10.3. The van der Waals surface area contributed by atoms with Crippen LogP contribution in [0.4, 0.5) is 4.79 Å². The fourth-order valence-electron chi connectivity index (χ4n) is 5.86. The molecule has 1 aliphatic rings. The van der Waals surface area contributed by atoms with Gasteiger partial charge in [0.1, 0.15) is 6.33 Å². The van der Waals surface area contributed by atoms with Crippen molar-refractivity contribution in [3.8, 4) is 16.8 Å². The van der Waals surface area contributed by atoms with Crippen molar-refractivity contribution < 1.29 is 14.7 Å². The van der Waals surface area contributed by atoms with Crippen molar-refractivity contribution in [3.05, 3.63) is 100 Å². The Hall–Kier alpha value is -5.18. The van der Waals surface area contributed by atoms with Crippen LogP contribution < -0.4 is 11.3 Å². The van der Waals surface area contributed by atoms with E-state index in [1.54, 1.807) is 23.0 Å². The monoisotopic (exact) mass is 547 g/mol. The van der Waals surface area contributed by atoms with Gasteiger partial charge in [-0.3, -0.25) is 14.2 Å². The molecule has 0 radical (unpaired) electrons. The van der Waals surface area contributed by atoms with Crippen molar-refractivity contribution in [2.45, 2.75) is 32.7 Å². The van der Waals surface area contributed by atoms with Crippen LogP contribution in [0, 0.1) is 6.92 Å². The first kappa shape index (κ1) is 26.1. The topological polar surface area (TPSA) is 134 Å². The van der Waals surface area contributed by atoms with Crippen LogP contribution in [0.15, 0.2) is 77.9 Å². The molecule has 0 fully saturated rings. The number of aromatic amines is 1. The van der Waals surface area contributed by atoms with E-state index in [1.807, 2.05) is 68.5 Å². The van der Waals surface area contributed by atoms with Crippen LogP contribution in [-0.4, -0.2) is 49.1 Å². The Morgan fingerprint density at radius 3 is 2.63 bits per heavy atom.